The molecule has 0 aliphatic rings. The first-order valence-corrected chi connectivity index (χ1v) is 10.0. The molecule has 0 aliphatic carbocycles. The van der Waals surface area contributed by atoms with Gasteiger partial charge in [-0.25, -0.2) is 26.0 Å². The molecule has 3 aromatic rings. The molecule has 0 spiro atoms. The number of aromatic nitrogens is 1. The molecule has 2 aromatic carbocycles. The summed E-state index contributed by atoms with van der Waals surface area (Å²) in [6.45, 7) is 1.73. The van der Waals surface area contributed by atoms with Crippen LogP contribution in [0.25, 0.3) is 22.4 Å². The molecule has 4 nitrogen and oxygen atoms in total. The Morgan fingerprint density at radius 3 is 2.18 bits per heavy atom. The van der Waals surface area contributed by atoms with Crippen LogP contribution in [0.4, 0.5) is 17.6 Å². The first-order valence-electron chi connectivity index (χ1n) is 7.74. The Balaban J connectivity index is 2.30. The number of halogens is 5. The molecule has 0 N–H and O–H groups in total. The summed E-state index contributed by atoms with van der Waals surface area (Å²) in [4.78, 5) is -1.15. The van der Waals surface area contributed by atoms with Crippen LogP contribution in [0.1, 0.15) is 17.7 Å². The Morgan fingerprint density at radius 2 is 1.68 bits per heavy atom. The van der Waals surface area contributed by atoms with Crippen LogP contribution in [0.5, 0.6) is 0 Å². The van der Waals surface area contributed by atoms with Crippen LogP contribution in [0.3, 0.4) is 0 Å². The maximum Gasteiger partial charge on any atom is 0.298 e. The van der Waals surface area contributed by atoms with Crippen molar-refractivity contribution >= 4 is 21.4 Å². The molecule has 0 unspecified atom stereocenters. The fourth-order valence-electron chi connectivity index (χ4n) is 2.73. The Hall–Kier alpha value is -2.39. The minimum absolute atomic E-state index is 0.108. The number of hydrogen-bond acceptors (Lipinski definition) is 4. The molecule has 28 heavy (non-hydrogen) atoms. The fourth-order valence-corrected chi connectivity index (χ4v) is 3.73. The summed E-state index contributed by atoms with van der Waals surface area (Å²) >= 11 is 6.06. The van der Waals surface area contributed by atoms with Gasteiger partial charge in [0, 0.05) is 16.8 Å². The molecule has 0 amide bonds. The SMILES string of the molecule is Cc1ccc(-c2noc(C(F)F)c2-c2cc(F)c(S(C)(=O)=O)c(F)c2)cc1Cl. The third-order valence-corrected chi connectivity index (χ3v) is 5.56. The van der Waals surface area contributed by atoms with Crippen LogP contribution in [-0.2, 0) is 9.84 Å². The topological polar surface area (TPSA) is 60.2 Å². The summed E-state index contributed by atoms with van der Waals surface area (Å²) in [6.07, 6.45) is -2.49. The molecular formula is C18H12ClF4NO3S. The fraction of sp³-hybridized carbons (Fsp3) is 0.167. The van der Waals surface area contributed by atoms with Crippen LogP contribution in [-0.4, -0.2) is 19.8 Å². The van der Waals surface area contributed by atoms with Gasteiger partial charge < -0.3 is 4.52 Å². The number of aryl methyl sites for hydroxylation is 1. The highest BCUT2D eigenvalue weighted by Crippen LogP contribution is 2.41. The lowest BCUT2D eigenvalue weighted by molar-refractivity contribution is 0.113. The van der Waals surface area contributed by atoms with E-state index < -0.39 is 38.6 Å². The maximum absolute atomic E-state index is 14.3. The van der Waals surface area contributed by atoms with Gasteiger partial charge in [0.15, 0.2) is 9.84 Å². The van der Waals surface area contributed by atoms with E-state index in [-0.39, 0.29) is 22.4 Å². The lowest BCUT2D eigenvalue weighted by Gasteiger charge is -2.09. The van der Waals surface area contributed by atoms with Gasteiger partial charge in [-0.15, -0.1) is 0 Å². The predicted molar refractivity (Wildman–Crippen MR) is 95.1 cm³/mol. The van der Waals surface area contributed by atoms with Crippen molar-refractivity contribution in [3.8, 4) is 22.4 Å². The Morgan fingerprint density at radius 1 is 1.07 bits per heavy atom. The molecule has 1 aromatic heterocycles. The zero-order valence-corrected chi connectivity index (χ0v) is 16.0. The average molecular weight is 434 g/mol. The minimum atomic E-state index is -4.20. The second-order valence-electron chi connectivity index (χ2n) is 6.08. The van der Waals surface area contributed by atoms with Gasteiger partial charge in [-0.2, -0.15) is 0 Å². The van der Waals surface area contributed by atoms with E-state index in [1.54, 1.807) is 13.0 Å². The van der Waals surface area contributed by atoms with E-state index in [4.69, 9.17) is 16.1 Å². The number of nitrogens with zero attached hydrogens (tertiary/aromatic N) is 1. The van der Waals surface area contributed by atoms with Crippen molar-refractivity contribution in [1.29, 1.82) is 0 Å². The summed E-state index contributed by atoms with van der Waals surface area (Å²) in [6, 6.07) is 5.90. The Labute approximate surface area is 162 Å². The summed E-state index contributed by atoms with van der Waals surface area (Å²) < 4.78 is 83.3. The lowest BCUT2D eigenvalue weighted by Crippen LogP contribution is -2.05. The Kier molecular flexibility index (Phi) is 5.24. The van der Waals surface area contributed by atoms with Gasteiger partial charge in [0.05, 0.1) is 5.56 Å². The highest BCUT2D eigenvalue weighted by molar-refractivity contribution is 7.90. The van der Waals surface area contributed by atoms with Gasteiger partial charge >= 0.3 is 0 Å². The molecule has 10 heteroatoms. The van der Waals surface area contributed by atoms with Crippen LogP contribution >= 0.6 is 11.6 Å². The highest BCUT2D eigenvalue weighted by atomic mass is 35.5. The van der Waals surface area contributed by atoms with E-state index in [9.17, 15) is 26.0 Å². The Bertz CT molecular complexity index is 1150. The molecule has 3 rings (SSSR count). The van der Waals surface area contributed by atoms with Crippen molar-refractivity contribution in [2.24, 2.45) is 0 Å². The minimum Gasteiger partial charge on any atom is -0.354 e. The molecule has 0 fully saturated rings. The van der Waals surface area contributed by atoms with Gasteiger partial charge in [-0.1, -0.05) is 28.9 Å². The summed E-state index contributed by atoms with van der Waals surface area (Å²) in [5, 5.41) is 3.94. The maximum atomic E-state index is 14.3. The van der Waals surface area contributed by atoms with Crippen LogP contribution < -0.4 is 0 Å². The number of rotatable bonds is 4. The predicted octanol–water partition coefficient (Wildman–Crippen LogP) is 5.59. The average Bonchev–Trinajstić information content (AvgIpc) is 3.00. The van der Waals surface area contributed by atoms with Gasteiger partial charge in [-0.05, 0) is 36.2 Å². The second-order valence-corrected chi connectivity index (χ2v) is 8.44. The standard InChI is InChI=1S/C18H12ClF4NO3S/c1-8-3-4-9(5-11(8)19)15-14(16(18(22)23)27-24-15)10-6-12(20)17(13(21)7-10)28(2,25)26/h3-7,18H,1-2H3. The van der Waals surface area contributed by atoms with Gasteiger partial charge in [0.25, 0.3) is 6.43 Å². The summed E-state index contributed by atoms with van der Waals surface area (Å²) in [5.74, 6) is -3.73. The molecule has 0 saturated heterocycles. The number of benzene rings is 2. The van der Waals surface area contributed by atoms with Crippen molar-refractivity contribution in [3.05, 3.63) is 58.3 Å². The molecule has 0 aliphatic heterocycles. The van der Waals surface area contributed by atoms with E-state index >= 15 is 0 Å². The number of sulfone groups is 1. The van der Waals surface area contributed by atoms with E-state index in [0.717, 1.165) is 5.56 Å². The molecule has 1 heterocycles. The molecule has 148 valence electrons. The largest absolute Gasteiger partial charge is 0.354 e. The molecule has 0 atom stereocenters. The third-order valence-electron chi connectivity index (χ3n) is 4.02. The second kappa shape index (κ2) is 7.21. The first-order chi connectivity index (χ1) is 13.0. The lowest BCUT2D eigenvalue weighted by atomic mass is 9.98. The molecule has 0 saturated carbocycles. The van der Waals surface area contributed by atoms with Crippen molar-refractivity contribution in [1.82, 2.24) is 5.16 Å². The highest BCUT2D eigenvalue weighted by Gasteiger charge is 2.29. The van der Waals surface area contributed by atoms with Crippen LogP contribution in [0, 0.1) is 18.6 Å². The molecule has 0 radical (unpaired) electrons. The van der Waals surface area contributed by atoms with E-state index in [0.29, 0.717) is 23.4 Å². The number of alkyl halides is 2. The number of hydrogen-bond donors (Lipinski definition) is 0. The quantitative estimate of drug-likeness (QED) is 0.503. The van der Waals surface area contributed by atoms with Crippen molar-refractivity contribution in [2.75, 3.05) is 6.26 Å². The summed E-state index contributed by atoms with van der Waals surface area (Å²) in [5.41, 5.74) is 0.204. The van der Waals surface area contributed by atoms with Crippen LogP contribution in [0.2, 0.25) is 5.02 Å². The zero-order chi connectivity index (χ0) is 20.8. The zero-order valence-electron chi connectivity index (χ0n) is 14.4. The third kappa shape index (κ3) is 3.64. The van der Waals surface area contributed by atoms with E-state index in [1.165, 1.54) is 12.1 Å². The van der Waals surface area contributed by atoms with Crippen molar-refractivity contribution in [3.63, 3.8) is 0 Å². The van der Waals surface area contributed by atoms with Gasteiger partial charge in [0.1, 0.15) is 22.2 Å². The van der Waals surface area contributed by atoms with Gasteiger partial charge in [0.2, 0.25) is 5.76 Å². The van der Waals surface area contributed by atoms with Crippen molar-refractivity contribution < 1.29 is 30.5 Å². The van der Waals surface area contributed by atoms with E-state index in [1.807, 2.05) is 0 Å². The molecule has 0 bridgehead atoms. The van der Waals surface area contributed by atoms with Crippen LogP contribution in [0.15, 0.2) is 39.8 Å². The summed E-state index contributed by atoms with van der Waals surface area (Å²) in [7, 11) is -4.20. The van der Waals surface area contributed by atoms with E-state index in [2.05, 4.69) is 5.16 Å². The van der Waals surface area contributed by atoms with Gasteiger partial charge in [-0.3, -0.25) is 0 Å². The van der Waals surface area contributed by atoms with Crippen molar-refractivity contribution in [2.45, 2.75) is 18.2 Å². The normalized spacial score (nSPS) is 12.0. The monoisotopic (exact) mass is 433 g/mol. The molecular weight excluding hydrogens is 422 g/mol. The smallest absolute Gasteiger partial charge is 0.298 e. The first kappa shape index (κ1) is 20.3.